The lowest BCUT2D eigenvalue weighted by Gasteiger charge is -2.35. The van der Waals surface area contributed by atoms with Gasteiger partial charge in [0.15, 0.2) is 0 Å². The van der Waals surface area contributed by atoms with Crippen LogP contribution in [0.4, 0.5) is 4.39 Å². The second kappa shape index (κ2) is 7.21. The first-order valence-corrected chi connectivity index (χ1v) is 6.95. The Balaban J connectivity index is 2.29. The Bertz CT molecular complexity index is 577. The van der Waals surface area contributed by atoms with Crippen LogP contribution >= 0.6 is 0 Å². The maximum Gasteiger partial charge on any atom is 0.257 e. The van der Waals surface area contributed by atoms with E-state index in [0.29, 0.717) is 25.3 Å². The Kier molecular flexibility index (Phi) is 5.32. The summed E-state index contributed by atoms with van der Waals surface area (Å²) in [4.78, 5) is 14.2. The van der Waals surface area contributed by atoms with E-state index in [1.54, 1.807) is 4.90 Å². The number of nitrogens with zero attached hydrogens (tertiary/aromatic N) is 1. The summed E-state index contributed by atoms with van der Waals surface area (Å²) >= 11 is 0. The molecule has 0 spiro atoms. The lowest BCUT2D eigenvalue weighted by atomic mass is 10.1. The van der Waals surface area contributed by atoms with Crippen molar-refractivity contribution < 1.29 is 19.0 Å². The fraction of sp³-hybridized carbons (Fsp3) is 0.438. The van der Waals surface area contributed by atoms with Gasteiger partial charge >= 0.3 is 0 Å². The van der Waals surface area contributed by atoms with Crippen LogP contribution in [0.15, 0.2) is 18.2 Å². The lowest BCUT2D eigenvalue weighted by molar-refractivity contribution is -0.00303. The molecule has 1 heterocycles. The average molecular weight is 291 g/mol. The lowest BCUT2D eigenvalue weighted by Crippen LogP contribution is -2.48. The number of halogens is 1. The molecule has 1 fully saturated rings. The van der Waals surface area contributed by atoms with Gasteiger partial charge in [-0.1, -0.05) is 18.8 Å². The highest BCUT2D eigenvalue weighted by Crippen LogP contribution is 2.18. The van der Waals surface area contributed by atoms with E-state index in [1.165, 1.54) is 18.2 Å². The van der Waals surface area contributed by atoms with Crippen LogP contribution in [0.2, 0.25) is 0 Å². The average Bonchev–Trinajstić information content (AvgIpc) is 2.53. The molecule has 1 aromatic carbocycles. The zero-order valence-corrected chi connectivity index (χ0v) is 11.9. The third-order valence-electron chi connectivity index (χ3n) is 3.47. The molecule has 5 heteroatoms. The van der Waals surface area contributed by atoms with E-state index in [9.17, 15) is 9.18 Å². The minimum absolute atomic E-state index is 0.0140. The summed E-state index contributed by atoms with van der Waals surface area (Å²) < 4.78 is 19.3. The molecular weight excluding hydrogens is 273 g/mol. The molecule has 0 aromatic heterocycles. The second-order valence-electron chi connectivity index (χ2n) is 4.79. The van der Waals surface area contributed by atoms with Crippen LogP contribution in [-0.4, -0.2) is 48.3 Å². The Morgan fingerprint density at radius 1 is 1.57 bits per heavy atom. The molecule has 1 amide bonds. The number of hydrogen-bond acceptors (Lipinski definition) is 3. The molecule has 1 N–H and O–H groups in total. The highest BCUT2D eigenvalue weighted by Gasteiger charge is 2.28. The van der Waals surface area contributed by atoms with Crippen molar-refractivity contribution in [2.75, 3.05) is 26.4 Å². The topological polar surface area (TPSA) is 49.8 Å². The third-order valence-corrected chi connectivity index (χ3v) is 3.47. The number of ether oxygens (including phenoxy) is 1. The van der Waals surface area contributed by atoms with Crippen molar-refractivity contribution in [3.63, 3.8) is 0 Å². The van der Waals surface area contributed by atoms with E-state index in [2.05, 4.69) is 11.8 Å². The first kappa shape index (κ1) is 15.5. The van der Waals surface area contributed by atoms with Gasteiger partial charge in [0.1, 0.15) is 12.4 Å². The van der Waals surface area contributed by atoms with E-state index in [0.717, 1.165) is 6.42 Å². The Labute approximate surface area is 123 Å². The Hall–Kier alpha value is -1.90. The second-order valence-corrected chi connectivity index (χ2v) is 4.79. The number of amides is 1. The van der Waals surface area contributed by atoms with Crippen LogP contribution in [0.5, 0.6) is 0 Å². The van der Waals surface area contributed by atoms with Crippen molar-refractivity contribution >= 4 is 5.91 Å². The fourth-order valence-electron chi connectivity index (χ4n) is 2.32. The number of aliphatic hydroxyl groups excluding tert-OH is 1. The molecule has 0 saturated carbocycles. The Morgan fingerprint density at radius 2 is 2.38 bits per heavy atom. The Morgan fingerprint density at radius 3 is 3.10 bits per heavy atom. The van der Waals surface area contributed by atoms with Gasteiger partial charge in [-0.05, 0) is 24.6 Å². The summed E-state index contributed by atoms with van der Waals surface area (Å²) in [7, 11) is 0. The van der Waals surface area contributed by atoms with Gasteiger partial charge in [0.2, 0.25) is 0 Å². The molecule has 1 saturated heterocycles. The predicted octanol–water partition coefficient (Wildman–Crippen LogP) is 1.42. The molecule has 2 rings (SSSR count). The number of benzene rings is 1. The van der Waals surface area contributed by atoms with Crippen LogP contribution in [-0.2, 0) is 4.74 Å². The molecule has 112 valence electrons. The molecule has 0 radical (unpaired) electrons. The van der Waals surface area contributed by atoms with Gasteiger partial charge in [-0.2, -0.15) is 0 Å². The number of carbonyl (C=O) groups excluding carboxylic acids is 1. The van der Waals surface area contributed by atoms with E-state index in [1.807, 2.05) is 6.92 Å². The minimum atomic E-state index is -0.559. The van der Waals surface area contributed by atoms with Gasteiger partial charge < -0.3 is 14.7 Å². The minimum Gasteiger partial charge on any atom is -0.384 e. The molecule has 1 aliphatic rings. The maximum absolute atomic E-state index is 14.0. The molecule has 0 aliphatic carbocycles. The normalized spacial score (nSPS) is 18.0. The van der Waals surface area contributed by atoms with Gasteiger partial charge in [0.05, 0.1) is 24.8 Å². The highest BCUT2D eigenvalue weighted by molar-refractivity contribution is 5.95. The van der Waals surface area contributed by atoms with Gasteiger partial charge in [-0.15, -0.1) is 0 Å². The van der Waals surface area contributed by atoms with Gasteiger partial charge in [0.25, 0.3) is 5.91 Å². The van der Waals surface area contributed by atoms with Crippen LogP contribution in [0, 0.1) is 17.7 Å². The van der Waals surface area contributed by atoms with Crippen LogP contribution < -0.4 is 0 Å². The van der Waals surface area contributed by atoms with Crippen LogP contribution in [0.1, 0.15) is 29.3 Å². The quantitative estimate of drug-likeness (QED) is 0.838. The molecule has 1 aliphatic heterocycles. The number of rotatable bonds is 2. The summed E-state index contributed by atoms with van der Waals surface area (Å²) in [5.74, 6) is 4.27. The molecule has 0 bridgehead atoms. The van der Waals surface area contributed by atoms with E-state index < -0.39 is 5.82 Å². The maximum atomic E-state index is 14.0. The molecule has 4 nitrogen and oxygen atoms in total. The molecular formula is C16H18FNO3. The summed E-state index contributed by atoms with van der Waals surface area (Å²) in [5.41, 5.74) is 0.523. The summed E-state index contributed by atoms with van der Waals surface area (Å²) in [6, 6.07) is 4.13. The first-order chi connectivity index (χ1) is 10.2. The third kappa shape index (κ3) is 3.60. The standard InChI is InChI=1S/C16H18FNO3/c1-2-13-11-21-9-7-18(13)16(20)14-10-12(4-3-8-19)5-6-15(14)17/h5-6,10,13,19H,2,7-9,11H2,1H3. The van der Waals surface area contributed by atoms with Crippen molar-refractivity contribution in [1.82, 2.24) is 4.90 Å². The van der Waals surface area contributed by atoms with E-state index in [4.69, 9.17) is 9.84 Å². The van der Waals surface area contributed by atoms with E-state index >= 15 is 0 Å². The van der Waals surface area contributed by atoms with Gasteiger partial charge in [0, 0.05) is 12.1 Å². The summed E-state index contributed by atoms with van der Waals surface area (Å²) in [6.07, 6.45) is 0.761. The van der Waals surface area contributed by atoms with E-state index in [-0.39, 0.29) is 24.1 Å². The number of morpholine rings is 1. The predicted molar refractivity (Wildman–Crippen MR) is 76.3 cm³/mol. The van der Waals surface area contributed by atoms with Gasteiger partial charge in [-0.3, -0.25) is 4.79 Å². The fourth-order valence-corrected chi connectivity index (χ4v) is 2.32. The molecule has 1 aromatic rings. The molecule has 21 heavy (non-hydrogen) atoms. The smallest absolute Gasteiger partial charge is 0.257 e. The van der Waals surface area contributed by atoms with Crippen molar-refractivity contribution in [3.8, 4) is 11.8 Å². The largest absolute Gasteiger partial charge is 0.384 e. The zero-order valence-electron chi connectivity index (χ0n) is 11.9. The summed E-state index contributed by atoms with van der Waals surface area (Å²) in [6.45, 7) is 3.10. The van der Waals surface area contributed by atoms with Gasteiger partial charge in [-0.25, -0.2) is 4.39 Å². The van der Waals surface area contributed by atoms with Crippen molar-refractivity contribution in [3.05, 3.63) is 35.1 Å². The SMILES string of the molecule is CCC1COCCN1C(=O)c1cc(C#CCO)ccc1F. The van der Waals surface area contributed by atoms with Crippen molar-refractivity contribution in [2.24, 2.45) is 0 Å². The number of hydrogen-bond donors (Lipinski definition) is 1. The number of carbonyl (C=O) groups is 1. The molecule has 1 atom stereocenters. The summed E-state index contributed by atoms with van der Waals surface area (Å²) in [5, 5.41) is 8.69. The number of aliphatic hydroxyl groups is 1. The zero-order chi connectivity index (χ0) is 15.2. The van der Waals surface area contributed by atoms with Crippen molar-refractivity contribution in [1.29, 1.82) is 0 Å². The van der Waals surface area contributed by atoms with Crippen LogP contribution in [0.3, 0.4) is 0 Å². The van der Waals surface area contributed by atoms with Crippen LogP contribution in [0.25, 0.3) is 0 Å². The monoisotopic (exact) mass is 291 g/mol. The van der Waals surface area contributed by atoms with Crippen molar-refractivity contribution in [2.45, 2.75) is 19.4 Å². The molecule has 1 unspecified atom stereocenters. The highest BCUT2D eigenvalue weighted by atomic mass is 19.1. The first-order valence-electron chi connectivity index (χ1n) is 6.95.